The van der Waals surface area contributed by atoms with E-state index >= 15 is 0 Å². The lowest BCUT2D eigenvalue weighted by molar-refractivity contribution is -0.141. The Morgan fingerprint density at radius 3 is 2.62 bits per heavy atom. The topological polar surface area (TPSA) is 86.3 Å². The summed E-state index contributed by atoms with van der Waals surface area (Å²) < 4.78 is 0.644. The van der Waals surface area contributed by atoms with Crippen LogP contribution in [-0.2, 0) is 11.3 Å². The number of amides is 1. The van der Waals surface area contributed by atoms with E-state index in [9.17, 15) is 14.7 Å². The van der Waals surface area contributed by atoms with Crippen molar-refractivity contribution in [3.63, 3.8) is 0 Å². The number of nitrogens with one attached hydrogen (secondary N) is 1. The summed E-state index contributed by atoms with van der Waals surface area (Å²) in [5, 5.41) is 16.4. The van der Waals surface area contributed by atoms with E-state index in [2.05, 4.69) is 26.1 Å². The molecule has 126 valence electrons. The number of hydrogen-bond acceptors (Lipinski definition) is 3. The molecule has 0 spiro atoms. The average molecular weight is 392 g/mol. The number of rotatable bonds is 6. The summed E-state index contributed by atoms with van der Waals surface area (Å²) in [7, 11) is 0. The molecule has 6 nitrogen and oxygen atoms in total. The lowest BCUT2D eigenvalue weighted by Crippen LogP contribution is -2.43. The number of aromatic amines is 1. The largest absolute Gasteiger partial charge is 0.480 e. The Kier molecular flexibility index (Phi) is 4.71. The predicted molar refractivity (Wildman–Crippen MR) is 91.7 cm³/mol. The van der Waals surface area contributed by atoms with E-state index in [0.717, 1.165) is 24.1 Å². The molecule has 2 aromatic rings. The monoisotopic (exact) mass is 391 g/mol. The SMILES string of the molecule is CC(C(=O)O)N(Cc1ccccc1)C(=O)c1n[nH]c(C2CC2)c1Br. The van der Waals surface area contributed by atoms with E-state index in [4.69, 9.17) is 0 Å². The Bertz CT molecular complexity index is 756. The van der Waals surface area contributed by atoms with Crippen LogP contribution in [0.15, 0.2) is 34.8 Å². The molecule has 3 rings (SSSR count). The fourth-order valence-corrected chi connectivity index (χ4v) is 3.23. The Morgan fingerprint density at radius 1 is 1.38 bits per heavy atom. The predicted octanol–water partition coefficient (Wildman–Crippen LogP) is 3.17. The molecule has 1 heterocycles. The van der Waals surface area contributed by atoms with Crippen molar-refractivity contribution < 1.29 is 14.7 Å². The van der Waals surface area contributed by atoms with Gasteiger partial charge in [0.1, 0.15) is 6.04 Å². The number of carboxylic acid groups (broad SMARTS) is 1. The van der Waals surface area contributed by atoms with Gasteiger partial charge in [-0.2, -0.15) is 5.10 Å². The third-order valence-electron chi connectivity index (χ3n) is 4.20. The van der Waals surface area contributed by atoms with Crippen LogP contribution in [0.1, 0.15) is 47.4 Å². The molecule has 1 fully saturated rings. The Labute approximate surface area is 148 Å². The summed E-state index contributed by atoms with van der Waals surface area (Å²) in [6.45, 7) is 1.72. The van der Waals surface area contributed by atoms with Gasteiger partial charge in [0.15, 0.2) is 5.69 Å². The summed E-state index contributed by atoms with van der Waals surface area (Å²) >= 11 is 3.44. The van der Waals surface area contributed by atoms with Gasteiger partial charge >= 0.3 is 5.97 Å². The number of aromatic nitrogens is 2. The summed E-state index contributed by atoms with van der Waals surface area (Å²) in [5.74, 6) is -1.04. The van der Waals surface area contributed by atoms with Gasteiger partial charge in [-0.25, -0.2) is 4.79 Å². The molecule has 0 aliphatic heterocycles. The number of benzene rings is 1. The zero-order valence-electron chi connectivity index (χ0n) is 13.2. The van der Waals surface area contributed by atoms with Gasteiger partial charge in [-0.3, -0.25) is 9.89 Å². The van der Waals surface area contributed by atoms with Crippen LogP contribution in [-0.4, -0.2) is 38.1 Å². The van der Waals surface area contributed by atoms with Crippen molar-refractivity contribution in [2.75, 3.05) is 0 Å². The van der Waals surface area contributed by atoms with Gasteiger partial charge in [0.05, 0.1) is 10.2 Å². The molecule has 2 N–H and O–H groups in total. The normalized spacial score (nSPS) is 15.1. The van der Waals surface area contributed by atoms with Crippen LogP contribution in [0, 0.1) is 0 Å². The zero-order valence-corrected chi connectivity index (χ0v) is 14.8. The van der Waals surface area contributed by atoms with E-state index in [0.29, 0.717) is 10.4 Å². The van der Waals surface area contributed by atoms with Gasteiger partial charge in [-0.1, -0.05) is 30.3 Å². The molecule has 24 heavy (non-hydrogen) atoms. The Hall–Kier alpha value is -2.15. The van der Waals surface area contributed by atoms with Crippen molar-refractivity contribution in [2.45, 2.75) is 38.3 Å². The molecule has 0 saturated heterocycles. The molecule has 1 aromatic carbocycles. The molecule has 1 aromatic heterocycles. The molecule has 0 bridgehead atoms. The van der Waals surface area contributed by atoms with Crippen molar-refractivity contribution >= 4 is 27.8 Å². The van der Waals surface area contributed by atoms with Gasteiger partial charge in [0.2, 0.25) is 0 Å². The van der Waals surface area contributed by atoms with Crippen LogP contribution in [0.3, 0.4) is 0 Å². The van der Waals surface area contributed by atoms with Crippen molar-refractivity contribution in [3.8, 4) is 0 Å². The molecule has 1 aliphatic rings. The Morgan fingerprint density at radius 2 is 2.04 bits per heavy atom. The second-order valence-electron chi connectivity index (χ2n) is 6.01. The molecule has 1 atom stereocenters. The molecule has 1 amide bonds. The third-order valence-corrected chi connectivity index (χ3v) is 5.00. The fourth-order valence-electron chi connectivity index (χ4n) is 2.56. The first-order valence-corrected chi connectivity index (χ1v) is 8.59. The minimum Gasteiger partial charge on any atom is -0.480 e. The number of carbonyl (C=O) groups is 2. The van der Waals surface area contributed by atoms with Crippen LogP contribution in [0.2, 0.25) is 0 Å². The molecule has 1 unspecified atom stereocenters. The highest BCUT2D eigenvalue weighted by Gasteiger charge is 2.34. The standard InChI is InChI=1S/C17H18BrN3O3/c1-10(17(23)24)21(9-11-5-3-2-4-6-11)16(22)15-13(18)14(19-20-15)12-7-8-12/h2-6,10,12H,7-9H2,1H3,(H,19,20)(H,23,24). The highest BCUT2D eigenvalue weighted by molar-refractivity contribution is 9.10. The fraction of sp³-hybridized carbons (Fsp3) is 0.353. The lowest BCUT2D eigenvalue weighted by atomic mass is 10.1. The van der Waals surface area contributed by atoms with Gasteiger partial charge in [0, 0.05) is 12.5 Å². The van der Waals surface area contributed by atoms with Crippen LogP contribution in [0.4, 0.5) is 0 Å². The van der Waals surface area contributed by atoms with E-state index in [1.165, 1.54) is 11.8 Å². The minimum absolute atomic E-state index is 0.213. The van der Waals surface area contributed by atoms with E-state index in [1.807, 2.05) is 30.3 Å². The second kappa shape index (κ2) is 6.76. The number of nitrogens with zero attached hydrogens (tertiary/aromatic N) is 2. The van der Waals surface area contributed by atoms with E-state index in [-0.39, 0.29) is 12.2 Å². The van der Waals surface area contributed by atoms with Crippen molar-refractivity contribution in [1.29, 1.82) is 0 Å². The maximum Gasteiger partial charge on any atom is 0.326 e. The van der Waals surface area contributed by atoms with Gasteiger partial charge in [-0.05, 0) is 41.3 Å². The number of halogens is 1. The highest BCUT2D eigenvalue weighted by Crippen LogP contribution is 2.43. The van der Waals surface area contributed by atoms with Crippen LogP contribution < -0.4 is 0 Å². The van der Waals surface area contributed by atoms with Crippen LogP contribution >= 0.6 is 15.9 Å². The third kappa shape index (κ3) is 3.36. The highest BCUT2D eigenvalue weighted by atomic mass is 79.9. The molecule has 1 aliphatic carbocycles. The molecule has 7 heteroatoms. The minimum atomic E-state index is -1.05. The van der Waals surface area contributed by atoms with E-state index in [1.54, 1.807) is 0 Å². The maximum absolute atomic E-state index is 12.9. The molecular formula is C17H18BrN3O3. The number of H-pyrrole nitrogens is 1. The second-order valence-corrected chi connectivity index (χ2v) is 6.80. The van der Waals surface area contributed by atoms with E-state index < -0.39 is 17.9 Å². The number of carbonyl (C=O) groups excluding carboxylic acids is 1. The van der Waals surface area contributed by atoms with Gasteiger partial charge in [-0.15, -0.1) is 0 Å². The summed E-state index contributed by atoms with van der Waals surface area (Å²) in [6, 6.07) is 8.38. The van der Waals surface area contributed by atoms with Gasteiger partial charge < -0.3 is 10.0 Å². The summed E-state index contributed by atoms with van der Waals surface area (Å²) in [6.07, 6.45) is 2.15. The first-order valence-electron chi connectivity index (χ1n) is 7.80. The number of aliphatic carboxylic acids is 1. The quantitative estimate of drug-likeness (QED) is 0.791. The van der Waals surface area contributed by atoms with Crippen molar-refractivity contribution in [2.24, 2.45) is 0 Å². The Balaban J connectivity index is 1.89. The van der Waals surface area contributed by atoms with Crippen molar-refractivity contribution in [1.82, 2.24) is 15.1 Å². The van der Waals surface area contributed by atoms with Crippen molar-refractivity contribution in [3.05, 3.63) is 51.8 Å². The van der Waals surface area contributed by atoms with Crippen LogP contribution in [0.25, 0.3) is 0 Å². The number of carboxylic acids is 1. The first-order chi connectivity index (χ1) is 11.5. The lowest BCUT2D eigenvalue weighted by Gasteiger charge is -2.26. The van der Waals surface area contributed by atoms with Crippen LogP contribution in [0.5, 0.6) is 0 Å². The molecular weight excluding hydrogens is 374 g/mol. The zero-order chi connectivity index (χ0) is 17.3. The smallest absolute Gasteiger partial charge is 0.326 e. The average Bonchev–Trinajstić information content (AvgIpc) is 3.34. The molecule has 1 saturated carbocycles. The summed E-state index contributed by atoms with van der Waals surface area (Å²) in [4.78, 5) is 25.7. The molecule has 0 radical (unpaired) electrons. The first kappa shape index (κ1) is 16.7. The van der Waals surface area contributed by atoms with Gasteiger partial charge in [0.25, 0.3) is 5.91 Å². The maximum atomic E-state index is 12.9. The number of hydrogen-bond donors (Lipinski definition) is 2. The summed E-state index contributed by atoms with van der Waals surface area (Å²) in [5.41, 5.74) is 2.02.